The minimum Gasteiger partial charge on any atom is -0.465 e. The summed E-state index contributed by atoms with van der Waals surface area (Å²) in [6.07, 6.45) is -2.51. The van der Waals surface area contributed by atoms with Gasteiger partial charge in [0, 0.05) is 0 Å². The van der Waals surface area contributed by atoms with Crippen LogP contribution in [0.15, 0.2) is 18.2 Å². The van der Waals surface area contributed by atoms with Crippen LogP contribution in [-0.4, -0.2) is 41.1 Å². The van der Waals surface area contributed by atoms with E-state index in [1.54, 1.807) is 19.1 Å². The van der Waals surface area contributed by atoms with Crippen LogP contribution in [0.25, 0.3) is 0 Å². The lowest BCUT2D eigenvalue weighted by atomic mass is 9.99. The van der Waals surface area contributed by atoms with Crippen LogP contribution in [0.2, 0.25) is 0 Å². The van der Waals surface area contributed by atoms with E-state index in [4.69, 9.17) is 5.11 Å². The summed E-state index contributed by atoms with van der Waals surface area (Å²) in [7, 11) is 1.27. The van der Waals surface area contributed by atoms with Crippen molar-refractivity contribution in [2.75, 3.05) is 13.7 Å². The average molecular weight is 240 g/mol. The summed E-state index contributed by atoms with van der Waals surface area (Å²) in [6.45, 7) is 1.19. The quantitative estimate of drug-likeness (QED) is 0.653. The van der Waals surface area contributed by atoms with Crippen molar-refractivity contribution in [3.63, 3.8) is 0 Å². The zero-order valence-corrected chi connectivity index (χ0v) is 9.75. The summed E-state index contributed by atoms with van der Waals surface area (Å²) in [5, 5.41) is 27.8. The summed E-state index contributed by atoms with van der Waals surface area (Å²) < 4.78 is 4.61. The minimum atomic E-state index is -1.27. The molecule has 0 radical (unpaired) electrons. The van der Waals surface area contributed by atoms with E-state index in [1.807, 2.05) is 0 Å². The van der Waals surface area contributed by atoms with Crippen molar-refractivity contribution in [1.82, 2.24) is 0 Å². The van der Waals surface area contributed by atoms with Gasteiger partial charge in [0.05, 0.1) is 19.3 Å². The van der Waals surface area contributed by atoms with Gasteiger partial charge in [0.15, 0.2) is 0 Å². The van der Waals surface area contributed by atoms with Gasteiger partial charge < -0.3 is 20.1 Å². The number of carbonyl (C=O) groups excluding carboxylic acids is 1. The van der Waals surface area contributed by atoms with Gasteiger partial charge in [-0.1, -0.05) is 12.1 Å². The molecule has 0 aromatic heterocycles. The number of carbonyl (C=O) groups is 1. The first-order valence-corrected chi connectivity index (χ1v) is 5.17. The first kappa shape index (κ1) is 13.6. The number of aliphatic hydroxyl groups excluding tert-OH is 3. The van der Waals surface area contributed by atoms with Crippen LogP contribution < -0.4 is 0 Å². The highest BCUT2D eigenvalue weighted by Crippen LogP contribution is 2.20. The minimum absolute atomic E-state index is 0.328. The third-order valence-corrected chi connectivity index (χ3v) is 2.56. The highest BCUT2D eigenvalue weighted by molar-refractivity contribution is 5.91. The van der Waals surface area contributed by atoms with E-state index < -0.39 is 24.8 Å². The van der Waals surface area contributed by atoms with Crippen molar-refractivity contribution in [3.05, 3.63) is 34.9 Å². The molecule has 0 fully saturated rings. The van der Waals surface area contributed by atoms with Crippen LogP contribution in [0, 0.1) is 6.92 Å². The lowest BCUT2D eigenvalue weighted by Crippen LogP contribution is -2.22. The SMILES string of the molecule is COC(=O)c1cc(C(O)C(O)CO)ccc1C. The Labute approximate surface area is 99.3 Å². The van der Waals surface area contributed by atoms with Gasteiger partial charge in [-0.05, 0) is 24.1 Å². The standard InChI is InChI=1S/C12H16O5/c1-7-3-4-8(11(15)10(14)6-13)5-9(7)12(16)17-2/h3-5,10-11,13-15H,6H2,1-2H3. The number of benzene rings is 1. The summed E-state index contributed by atoms with van der Waals surface area (Å²) in [5.41, 5.74) is 1.40. The number of aliphatic hydroxyl groups is 3. The molecule has 94 valence electrons. The van der Waals surface area contributed by atoms with E-state index >= 15 is 0 Å². The van der Waals surface area contributed by atoms with Crippen molar-refractivity contribution in [3.8, 4) is 0 Å². The molecule has 0 saturated heterocycles. The Morgan fingerprint density at radius 3 is 2.59 bits per heavy atom. The fourth-order valence-electron chi connectivity index (χ4n) is 1.48. The predicted octanol–water partition coefficient (Wildman–Crippen LogP) is 0.168. The molecule has 2 atom stereocenters. The molecule has 1 aromatic rings. The molecule has 0 heterocycles. The van der Waals surface area contributed by atoms with Gasteiger partial charge in [-0.2, -0.15) is 0 Å². The van der Waals surface area contributed by atoms with Crippen LogP contribution in [0.5, 0.6) is 0 Å². The molecule has 1 rings (SSSR count). The number of esters is 1. The van der Waals surface area contributed by atoms with Gasteiger partial charge >= 0.3 is 5.97 Å². The average Bonchev–Trinajstić information content (AvgIpc) is 2.36. The van der Waals surface area contributed by atoms with Gasteiger partial charge in [-0.25, -0.2) is 4.79 Å². The lowest BCUT2D eigenvalue weighted by molar-refractivity contribution is -0.0153. The Hall–Kier alpha value is -1.43. The maximum absolute atomic E-state index is 11.4. The molecule has 0 amide bonds. The number of hydrogen-bond acceptors (Lipinski definition) is 5. The molecular formula is C12H16O5. The molecule has 3 N–H and O–H groups in total. The number of ether oxygens (including phenoxy) is 1. The molecule has 5 nitrogen and oxygen atoms in total. The fourth-order valence-corrected chi connectivity index (χ4v) is 1.48. The van der Waals surface area contributed by atoms with Crippen LogP contribution in [0.3, 0.4) is 0 Å². The molecule has 0 aliphatic carbocycles. The largest absolute Gasteiger partial charge is 0.465 e. The van der Waals surface area contributed by atoms with E-state index in [1.165, 1.54) is 13.2 Å². The molecular weight excluding hydrogens is 224 g/mol. The molecule has 2 unspecified atom stereocenters. The maximum Gasteiger partial charge on any atom is 0.338 e. The maximum atomic E-state index is 11.4. The Balaban J connectivity index is 3.08. The summed E-state index contributed by atoms with van der Waals surface area (Å²) >= 11 is 0. The molecule has 0 aliphatic rings. The van der Waals surface area contributed by atoms with Gasteiger partial charge in [-0.3, -0.25) is 0 Å². The Kier molecular flexibility index (Phi) is 4.62. The van der Waals surface area contributed by atoms with E-state index in [0.717, 1.165) is 0 Å². The number of methoxy groups -OCH3 is 1. The second-order valence-electron chi connectivity index (χ2n) is 3.76. The van der Waals surface area contributed by atoms with Crippen molar-refractivity contribution in [1.29, 1.82) is 0 Å². The molecule has 0 aliphatic heterocycles. The third-order valence-electron chi connectivity index (χ3n) is 2.56. The van der Waals surface area contributed by atoms with E-state index in [0.29, 0.717) is 16.7 Å². The van der Waals surface area contributed by atoms with Crippen molar-refractivity contribution in [2.45, 2.75) is 19.1 Å². The number of aryl methyl sites for hydroxylation is 1. The third kappa shape index (κ3) is 3.03. The molecule has 0 saturated carbocycles. The van der Waals surface area contributed by atoms with Crippen molar-refractivity contribution >= 4 is 5.97 Å². The van der Waals surface area contributed by atoms with Gasteiger partial charge in [0.25, 0.3) is 0 Å². The van der Waals surface area contributed by atoms with Crippen molar-refractivity contribution in [2.24, 2.45) is 0 Å². The Morgan fingerprint density at radius 1 is 1.41 bits per heavy atom. The van der Waals surface area contributed by atoms with E-state index in [9.17, 15) is 15.0 Å². The predicted molar refractivity (Wildman–Crippen MR) is 60.6 cm³/mol. The monoisotopic (exact) mass is 240 g/mol. The van der Waals surface area contributed by atoms with Crippen LogP contribution >= 0.6 is 0 Å². The van der Waals surface area contributed by atoms with Gasteiger partial charge in [-0.15, -0.1) is 0 Å². The smallest absolute Gasteiger partial charge is 0.338 e. The molecule has 0 spiro atoms. The summed E-state index contributed by atoms with van der Waals surface area (Å²) in [4.78, 5) is 11.4. The Morgan fingerprint density at radius 2 is 2.06 bits per heavy atom. The normalized spacial score (nSPS) is 14.2. The van der Waals surface area contributed by atoms with E-state index in [-0.39, 0.29) is 0 Å². The summed E-state index contributed by atoms with van der Waals surface area (Å²) in [5.74, 6) is -0.505. The molecule has 17 heavy (non-hydrogen) atoms. The first-order valence-electron chi connectivity index (χ1n) is 5.17. The van der Waals surface area contributed by atoms with Crippen LogP contribution in [0.1, 0.15) is 27.6 Å². The number of hydrogen-bond donors (Lipinski definition) is 3. The van der Waals surface area contributed by atoms with Gasteiger partial charge in [0.1, 0.15) is 12.2 Å². The second kappa shape index (κ2) is 5.77. The van der Waals surface area contributed by atoms with Crippen LogP contribution in [0.4, 0.5) is 0 Å². The molecule has 5 heteroatoms. The van der Waals surface area contributed by atoms with Gasteiger partial charge in [0.2, 0.25) is 0 Å². The second-order valence-corrected chi connectivity index (χ2v) is 3.76. The molecule has 0 bridgehead atoms. The highest BCUT2D eigenvalue weighted by atomic mass is 16.5. The lowest BCUT2D eigenvalue weighted by Gasteiger charge is -2.17. The fraction of sp³-hybridized carbons (Fsp3) is 0.417. The Bertz CT molecular complexity index is 402. The zero-order valence-electron chi connectivity index (χ0n) is 9.75. The van der Waals surface area contributed by atoms with E-state index in [2.05, 4.69) is 4.74 Å². The zero-order chi connectivity index (χ0) is 13.0. The first-order chi connectivity index (χ1) is 8.01. The summed E-state index contributed by atoms with van der Waals surface area (Å²) in [6, 6.07) is 4.69. The van der Waals surface area contributed by atoms with Crippen LogP contribution in [-0.2, 0) is 4.74 Å². The molecule has 1 aromatic carbocycles. The van der Waals surface area contributed by atoms with Crippen molar-refractivity contribution < 1.29 is 24.9 Å². The number of rotatable bonds is 4. The topological polar surface area (TPSA) is 87.0 Å². The highest BCUT2D eigenvalue weighted by Gasteiger charge is 2.19.